The van der Waals surface area contributed by atoms with E-state index < -0.39 is 5.43 Å². The lowest BCUT2D eigenvalue weighted by atomic mass is 10.1. The number of fused-ring (bicyclic) bond motifs is 1. The van der Waals surface area contributed by atoms with Crippen molar-refractivity contribution in [3.63, 3.8) is 0 Å². The minimum atomic E-state index is -0.401. The zero-order valence-electron chi connectivity index (χ0n) is 8.92. The van der Waals surface area contributed by atoms with Gasteiger partial charge in [0.2, 0.25) is 11.2 Å². The molecule has 4 nitrogen and oxygen atoms in total. The molecule has 0 aliphatic carbocycles. The summed E-state index contributed by atoms with van der Waals surface area (Å²) in [6.07, 6.45) is 3.30. The Labute approximate surface area is 96.8 Å². The summed E-state index contributed by atoms with van der Waals surface area (Å²) in [5.41, 5.74) is 0.0766. The molecule has 1 aliphatic heterocycles. The molecular weight excluding hydrogens is 220 g/mol. The van der Waals surface area contributed by atoms with Crippen LogP contribution in [0, 0.1) is 0 Å². The first kappa shape index (κ1) is 9.96. The molecule has 1 aromatic heterocycles. The van der Waals surface area contributed by atoms with Gasteiger partial charge in [0, 0.05) is 0 Å². The second-order valence-electron chi connectivity index (χ2n) is 3.91. The van der Waals surface area contributed by atoms with E-state index in [9.17, 15) is 9.90 Å². The third-order valence-corrected chi connectivity index (χ3v) is 2.82. The van der Waals surface area contributed by atoms with Crippen LogP contribution in [0.3, 0.4) is 0 Å². The third kappa shape index (κ3) is 1.49. The summed E-state index contributed by atoms with van der Waals surface area (Å²) in [6, 6.07) is 6.86. The van der Waals surface area contributed by atoms with Crippen molar-refractivity contribution in [1.29, 1.82) is 0 Å². The van der Waals surface area contributed by atoms with Crippen molar-refractivity contribution in [3.8, 4) is 5.75 Å². The van der Waals surface area contributed by atoms with E-state index in [1.54, 1.807) is 36.6 Å². The Morgan fingerprint density at radius 3 is 2.88 bits per heavy atom. The first-order valence-electron chi connectivity index (χ1n) is 5.30. The summed E-state index contributed by atoms with van der Waals surface area (Å²) in [7, 11) is 0. The van der Waals surface area contributed by atoms with E-state index in [1.807, 2.05) is 0 Å². The van der Waals surface area contributed by atoms with Crippen LogP contribution in [0.15, 0.2) is 45.8 Å². The van der Waals surface area contributed by atoms with Gasteiger partial charge in [-0.1, -0.05) is 12.1 Å². The number of rotatable bonds is 1. The second-order valence-corrected chi connectivity index (χ2v) is 3.91. The lowest BCUT2D eigenvalue weighted by molar-refractivity contribution is 0.257. The lowest BCUT2D eigenvalue weighted by Crippen LogP contribution is -2.07. The van der Waals surface area contributed by atoms with Gasteiger partial charge in [-0.25, -0.2) is 0 Å². The van der Waals surface area contributed by atoms with E-state index in [2.05, 4.69) is 0 Å². The van der Waals surface area contributed by atoms with Gasteiger partial charge in [-0.15, -0.1) is 0 Å². The molecule has 4 heteroatoms. The van der Waals surface area contributed by atoms with E-state index in [0.717, 1.165) is 0 Å². The molecule has 0 amide bonds. The maximum atomic E-state index is 11.9. The first-order valence-corrected chi connectivity index (χ1v) is 5.30. The van der Waals surface area contributed by atoms with Crippen molar-refractivity contribution in [3.05, 3.63) is 52.6 Å². The van der Waals surface area contributed by atoms with Crippen LogP contribution in [0.4, 0.5) is 0 Å². The Balaban J connectivity index is 2.29. The summed E-state index contributed by atoms with van der Waals surface area (Å²) in [6.45, 7) is 0.384. The van der Waals surface area contributed by atoms with Crippen molar-refractivity contribution in [2.45, 2.75) is 5.92 Å². The monoisotopic (exact) mass is 230 g/mol. The molecule has 1 atom stereocenters. The third-order valence-electron chi connectivity index (χ3n) is 2.82. The van der Waals surface area contributed by atoms with Crippen molar-refractivity contribution >= 4 is 11.0 Å². The maximum absolute atomic E-state index is 11.9. The molecule has 2 heterocycles. The summed E-state index contributed by atoms with van der Waals surface area (Å²) >= 11 is 0. The van der Waals surface area contributed by atoms with E-state index in [4.69, 9.17) is 9.15 Å². The summed E-state index contributed by atoms with van der Waals surface area (Å²) in [5.74, 6) is -0.265. The Morgan fingerprint density at radius 2 is 2.12 bits per heavy atom. The van der Waals surface area contributed by atoms with Gasteiger partial charge in [-0.05, 0) is 18.2 Å². The summed E-state index contributed by atoms with van der Waals surface area (Å²) in [5, 5.41) is 10.2. The SMILES string of the molecule is O=c1c(O)c(C2C=COC2)oc2ccccc12. The first-order chi connectivity index (χ1) is 8.27. The zero-order valence-corrected chi connectivity index (χ0v) is 8.92. The van der Waals surface area contributed by atoms with Crippen molar-refractivity contribution < 1.29 is 14.3 Å². The molecule has 1 unspecified atom stereocenters. The fraction of sp³-hybridized carbons (Fsp3) is 0.154. The molecular formula is C13H10O4. The van der Waals surface area contributed by atoms with Gasteiger partial charge >= 0.3 is 0 Å². The number of para-hydroxylation sites is 1. The minimum Gasteiger partial charge on any atom is -0.502 e. The number of benzene rings is 1. The fourth-order valence-corrected chi connectivity index (χ4v) is 1.93. The quantitative estimate of drug-likeness (QED) is 0.815. The van der Waals surface area contributed by atoms with Gasteiger partial charge in [-0.3, -0.25) is 4.79 Å². The molecule has 1 N–H and O–H groups in total. The van der Waals surface area contributed by atoms with Crippen LogP contribution in [-0.2, 0) is 4.74 Å². The molecule has 2 aromatic rings. The molecule has 86 valence electrons. The maximum Gasteiger partial charge on any atom is 0.234 e. The van der Waals surface area contributed by atoms with Gasteiger partial charge in [0.25, 0.3) is 0 Å². The molecule has 1 aromatic carbocycles. The Hall–Kier alpha value is -2.23. The lowest BCUT2D eigenvalue weighted by Gasteiger charge is -2.08. The van der Waals surface area contributed by atoms with Crippen LogP contribution in [-0.4, -0.2) is 11.7 Å². The highest BCUT2D eigenvalue weighted by Crippen LogP contribution is 2.30. The van der Waals surface area contributed by atoms with Gasteiger partial charge < -0.3 is 14.3 Å². The van der Waals surface area contributed by atoms with E-state index >= 15 is 0 Å². The Morgan fingerprint density at radius 1 is 1.29 bits per heavy atom. The molecule has 17 heavy (non-hydrogen) atoms. The normalized spacial score (nSPS) is 18.5. The van der Waals surface area contributed by atoms with Gasteiger partial charge in [0.1, 0.15) is 12.2 Å². The van der Waals surface area contributed by atoms with Crippen molar-refractivity contribution in [2.24, 2.45) is 0 Å². The second kappa shape index (κ2) is 3.66. The topological polar surface area (TPSA) is 59.7 Å². The smallest absolute Gasteiger partial charge is 0.234 e. The van der Waals surface area contributed by atoms with Gasteiger partial charge in [0.15, 0.2) is 5.76 Å². The van der Waals surface area contributed by atoms with Crippen LogP contribution < -0.4 is 5.43 Å². The number of hydrogen-bond donors (Lipinski definition) is 1. The average molecular weight is 230 g/mol. The van der Waals surface area contributed by atoms with Crippen LogP contribution in [0.25, 0.3) is 11.0 Å². The van der Waals surface area contributed by atoms with Gasteiger partial charge in [-0.2, -0.15) is 0 Å². The molecule has 0 radical (unpaired) electrons. The predicted octanol–water partition coefficient (Wildman–Crippen LogP) is 2.13. The van der Waals surface area contributed by atoms with E-state index in [-0.39, 0.29) is 17.4 Å². The van der Waals surface area contributed by atoms with Crippen LogP contribution >= 0.6 is 0 Å². The number of aromatic hydroxyl groups is 1. The van der Waals surface area contributed by atoms with Crippen LogP contribution in [0.2, 0.25) is 0 Å². The minimum absolute atomic E-state index is 0.202. The molecule has 1 aliphatic rings. The predicted molar refractivity (Wildman–Crippen MR) is 62.0 cm³/mol. The molecule has 0 saturated carbocycles. The van der Waals surface area contributed by atoms with Crippen molar-refractivity contribution in [1.82, 2.24) is 0 Å². The zero-order chi connectivity index (χ0) is 11.8. The highest BCUT2D eigenvalue weighted by molar-refractivity contribution is 5.77. The molecule has 0 spiro atoms. The molecule has 0 saturated heterocycles. The van der Waals surface area contributed by atoms with Crippen LogP contribution in [0.5, 0.6) is 5.75 Å². The average Bonchev–Trinajstić information content (AvgIpc) is 2.87. The van der Waals surface area contributed by atoms with Gasteiger partial charge in [0.05, 0.1) is 17.6 Å². The highest BCUT2D eigenvalue weighted by Gasteiger charge is 2.23. The van der Waals surface area contributed by atoms with E-state index in [1.165, 1.54) is 0 Å². The number of ether oxygens (including phenoxy) is 1. The Bertz CT molecular complexity index is 654. The standard InChI is InChI=1S/C13H10O4/c14-11-9-3-1-2-4-10(9)17-13(12(11)15)8-5-6-16-7-8/h1-6,8,15H,7H2. The fourth-order valence-electron chi connectivity index (χ4n) is 1.93. The highest BCUT2D eigenvalue weighted by atomic mass is 16.5. The summed E-state index contributed by atoms with van der Waals surface area (Å²) < 4.78 is 10.6. The van der Waals surface area contributed by atoms with Crippen molar-refractivity contribution in [2.75, 3.05) is 6.61 Å². The van der Waals surface area contributed by atoms with E-state index in [0.29, 0.717) is 17.6 Å². The Kier molecular flexibility index (Phi) is 2.14. The number of hydrogen-bond acceptors (Lipinski definition) is 4. The molecule has 0 fully saturated rings. The van der Waals surface area contributed by atoms with Crippen LogP contribution in [0.1, 0.15) is 11.7 Å². The largest absolute Gasteiger partial charge is 0.502 e. The molecule has 0 bridgehead atoms. The summed E-state index contributed by atoms with van der Waals surface area (Å²) in [4.78, 5) is 11.9. The molecule has 3 rings (SSSR count).